The van der Waals surface area contributed by atoms with Gasteiger partial charge in [-0.1, -0.05) is 30.3 Å². The zero-order valence-electron chi connectivity index (χ0n) is 40.7. The van der Waals surface area contributed by atoms with E-state index in [-0.39, 0.29) is 0 Å². The number of hydrogen-bond acceptors (Lipinski definition) is 32. The van der Waals surface area contributed by atoms with Gasteiger partial charge in [-0.2, -0.15) is 46.8 Å². The quantitative estimate of drug-likeness (QED) is 0.0427. The summed E-state index contributed by atoms with van der Waals surface area (Å²) < 4.78 is 222. The fourth-order valence-electron chi connectivity index (χ4n) is 8.01. The fourth-order valence-corrected chi connectivity index (χ4v) is 10.4. The number of rotatable bonds is 24. The van der Waals surface area contributed by atoms with Gasteiger partial charge in [-0.05, 0) is 12.0 Å². The highest BCUT2D eigenvalue weighted by atomic mass is 32.3. The van der Waals surface area contributed by atoms with Crippen LogP contribution in [0.2, 0.25) is 0 Å². The smallest absolute Gasteiger partial charge is 0.397 e. The van der Waals surface area contributed by atoms with E-state index in [1.54, 1.807) is 0 Å². The molecule has 1 aromatic carbocycles. The van der Waals surface area contributed by atoms with Crippen LogP contribution in [0.25, 0.3) is 0 Å². The van der Waals surface area contributed by atoms with Gasteiger partial charge in [0, 0.05) is 6.92 Å². The van der Waals surface area contributed by atoms with Crippen molar-refractivity contribution >= 4 is 75.7 Å². The molecule has 0 aliphatic carbocycles. The van der Waals surface area contributed by atoms with Gasteiger partial charge in [0.15, 0.2) is 49.6 Å². The van der Waals surface area contributed by atoms with E-state index in [0.717, 1.165) is 12.5 Å². The largest absolute Gasteiger partial charge is 0.480 e. The molecule has 4 fully saturated rings. The van der Waals surface area contributed by atoms with E-state index in [1.165, 1.54) is 4.72 Å². The lowest BCUT2D eigenvalue weighted by atomic mass is 9.94. The van der Waals surface area contributed by atoms with Crippen LogP contribution in [0.3, 0.4) is 0 Å². The normalized spacial score (nSPS) is 35.3. The number of ether oxygens (including phenoxy) is 7. The second-order valence-corrected chi connectivity index (χ2v) is 22.7. The molecule has 1 aromatic rings. The SMILES string of the molecule is CC(=O)N[C@@H]1[C@@H](O)[C@H](O[C@@H]2O[C@H](C(=O)O)[C@@H](O[C@@H]3O[C@H](CO)[C@@H](O[C@H]4O[C@@H](C(=O)O)[C@H](O)[C@@H](O)[C@@H]4OS(=O)(=O)O)[C@H](OS(=O)(=O)O)[C@H]3NS(=O)(=O)O)[C@H](O)[C@H]2OS(=O)(=O)O)[C@H](COS(=O)(=O)O)O[C@H]1O.N[C@@H](Cc1ccccc1)C(=O)O. The fraction of sp³-hybridized carbons (Fsp3) is 0.714. The number of carboxylic acid groups (broad SMARTS) is 3. The third-order valence-electron chi connectivity index (χ3n) is 11.3. The number of benzene rings is 1. The van der Waals surface area contributed by atoms with Crippen LogP contribution in [0.5, 0.6) is 0 Å². The number of nitrogens with two attached hydrogens (primary N) is 1. The van der Waals surface area contributed by atoms with E-state index in [0.29, 0.717) is 6.42 Å². The van der Waals surface area contributed by atoms with E-state index in [4.69, 9.17) is 48.6 Å². The Kier molecular flexibility index (Phi) is 24.4. The van der Waals surface area contributed by atoms with E-state index in [9.17, 15) is 120 Å². The van der Waals surface area contributed by atoms with Crippen molar-refractivity contribution in [2.24, 2.45) is 5.73 Å². The molecular weight excluding hydrogens is 1250 g/mol. The maximum absolute atomic E-state index is 12.7. The highest BCUT2D eigenvalue weighted by Crippen LogP contribution is 2.37. The minimum Gasteiger partial charge on any atom is -0.480 e. The molecular formula is C35H53N3O39S5. The molecule has 4 aliphatic heterocycles. The first-order chi connectivity index (χ1) is 37.5. The summed E-state index contributed by atoms with van der Waals surface area (Å²) in [7, 11) is -29.1. The molecule has 4 heterocycles. The van der Waals surface area contributed by atoms with E-state index in [1.807, 2.05) is 35.6 Å². The summed E-state index contributed by atoms with van der Waals surface area (Å²) >= 11 is 0. The second kappa shape index (κ2) is 28.4. The Morgan fingerprint density at radius 3 is 1.52 bits per heavy atom. The molecule has 0 saturated carbocycles. The Labute approximate surface area is 461 Å². The molecule has 18 N–H and O–H groups in total. The van der Waals surface area contributed by atoms with Gasteiger partial charge < -0.3 is 90.2 Å². The number of amides is 1. The summed E-state index contributed by atoms with van der Waals surface area (Å²) in [6, 6.07) is 3.58. The van der Waals surface area contributed by atoms with E-state index >= 15 is 0 Å². The van der Waals surface area contributed by atoms with Crippen molar-refractivity contribution < 1.29 is 180 Å². The highest BCUT2D eigenvalue weighted by Gasteiger charge is 2.60. The van der Waals surface area contributed by atoms with Crippen LogP contribution in [0, 0.1) is 0 Å². The Balaban J connectivity index is 0.00000106. The van der Waals surface area contributed by atoms with Gasteiger partial charge >= 0.3 is 69.8 Å². The number of hydrogen-bond donors (Lipinski definition) is 17. The van der Waals surface area contributed by atoms with Gasteiger partial charge in [0.1, 0.15) is 79.2 Å². The summed E-state index contributed by atoms with van der Waals surface area (Å²) in [5.41, 5.74) is 6.30. The number of aliphatic hydroxyl groups is 6. The molecule has 4 saturated heterocycles. The highest BCUT2D eigenvalue weighted by molar-refractivity contribution is 7.83. The van der Waals surface area contributed by atoms with Gasteiger partial charge in [-0.25, -0.2) is 26.3 Å². The number of nitrogens with one attached hydrogen (secondary N) is 2. The predicted molar refractivity (Wildman–Crippen MR) is 246 cm³/mol. The lowest BCUT2D eigenvalue weighted by Crippen LogP contribution is -2.71. The summed E-state index contributed by atoms with van der Waals surface area (Å²) in [6.45, 7) is -2.24. The molecule has 5 rings (SSSR count). The van der Waals surface area contributed by atoms with Crippen molar-refractivity contribution in [3.63, 3.8) is 0 Å². The van der Waals surface area contributed by atoms with Gasteiger partial charge in [0.25, 0.3) is 0 Å². The predicted octanol–water partition coefficient (Wildman–Crippen LogP) is -10.1. The molecule has 47 heteroatoms. The van der Waals surface area contributed by atoms with Gasteiger partial charge in [0.05, 0.1) is 13.2 Å². The van der Waals surface area contributed by atoms with Crippen molar-refractivity contribution in [3.05, 3.63) is 35.9 Å². The van der Waals surface area contributed by atoms with Crippen LogP contribution in [-0.4, -0.2) is 277 Å². The standard InChI is InChI=1S/C26H42N2O37S5.C9H11NO2/c1-4(30)27-7-9(31)13(6(56-23(7)39)3-55-67(43,44)45)58-26-19(65-70(52,53)54)12(34)16(20(62-26)22(37)38)60-24-8(28-66(40,41)42)15(63-68(46,47)48)14(5(2-29)57-24)59-25-18(64-69(49,50)51)11(33)10(32)17(61-25)21(35)36;10-8(9(11)12)6-7-4-2-1-3-5-7/h5-20,23-26,28-29,31-34,39H,2-3H2,1H3,(H,27,30)(H,35,36)(H,37,38)(H,40,41,42)(H,43,44,45)(H,46,47,48)(H,49,50,51)(H,52,53,54);1-5,8H,6,10H2,(H,11,12)/t5-,6+,7-,8-,9-,10-,11-,12+,13-,14-,15-,16+,17-,18+,19-,20+,23-,24+,25+,26-;8-/m10/s1. The molecule has 0 bridgehead atoms. The van der Waals surface area contributed by atoms with Crippen LogP contribution in [0.4, 0.5) is 0 Å². The number of carboxylic acids is 3. The van der Waals surface area contributed by atoms with Crippen LogP contribution < -0.4 is 15.8 Å². The maximum atomic E-state index is 12.7. The molecule has 1 amide bonds. The Morgan fingerprint density at radius 2 is 1.06 bits per heavy atom. The minimum absolute atomic E-state index is 0.385. The van der Waals surface area contributed by atoms with Crippen molar-refractivity contribution in [2.75, 3.05) is 13.2 Å². The number of carbonyl (C=O) groups is 4. The second-order valence-electron chi connectivity index (χ2n) is 17.2. The van der Waals surface area contributed by atoms with Crippen molar-refractivity contribution in [2.45, 2.75) is 142 Å². The average Bonchev–Trinajstić information content (AvgIpc) is 2.88. The first kappa shape index (κ1) is 70.4. The average molecular weight is 1300 g/mol. The zero-order valence-corrected chi connectivity index (χ0v) is 44.8. The van der Waals surface area contributed by atoms with Gasteiger partial charge in [0.2, 0.25) is 5.91 Å². The summed E-state index contributed by atoms with van der Waals surface area (Å²) in [5, 5.41) is 94.5. The zero-order chi connectivity index (χ0) is 62.4. The monoisotopic (exact) mass is 1300 g/mol. The van der Waals surface area contributed by atoms with E-state index in [2.05, 4.69) is 16.7 Å². The topological polar surface area (TPSA) is 674 Å². The van der Waals surface area contributed by atoms with Crippen LogP contribution in [-0.2, 0) is 127 Å². The molecule has 4 aliphatic rings. The number of aliphatic hydroxyl groups excluding tert-OH is 6. The molecule has 472 valence electrons. The van der Waals surface area contributed by atoms with Crippen LogP contribution >= 0.6 is 0 Å². The molecule has 21 atom stereocenters. The minimum atomic E-state index is -6.09. The molecule has 0 radical (unpaired) electrons. The Morgan fingerprint density at radius 1 is 0.573 bits per heavy atom. The third kappa shape index (κ3) is 20.6. The number of carbonyl (C=O) groups excluding carboxylic acids is 1. The van der Waals surface area contributed by atoms with Crippen molar-refractivity contribution in [1.29, 1.82) is 0 Å². The lowest BCUT2D eigenvalue weighted by molar-refractivity contribution is -0.366. The number of aliphatic carboxylic acids is 3. The maximum Gasteiger partial charge on any atom is 0.397 e. The summed E-state index contributed by atoms with van der Waals surface area (Å²) in [6.07, 6.45) is -48.7. The van der Waals surface area contributed by atoms with Crippen LogP contribution in [0.15, 0.2) is 30.3 Å². The third-order valence-corrected chi connectivity index (χ3v) is 13.7. The summed E-state index contributed by atoms with van der Waals surface area (Å²) in [5.74, 6) is -6.45. The Hall–Kier alpha value is -4.11. The molecule has 82 heavy (non-hydrogen) atoms. The van der Waals surface area contributed by atoms with Gasteiger partial charge in [-0.3, -0.25) is 32.4 Å². The van der Waals surface area contributed by atoms with E-state index < -0.39 is 218 Å². The molecule has 0 spiro atoms. The summed E-state index contributed by atoms with van der Waals surface area (Å²) in [4.78, 5) is 46.8. The Bertz CT molecular complexity index is 2940. The molecule has 42 nitrogen and oxygen atoms in total. The van der Waals surface area contributed by atoms with Crippen LogP contribution in [0.1, 0.15) is 12.5 Å². The van der Waals surface area contributed by atoms with Crippen molar-refractivity contribution in [3.8, 4) is 0 Å². The molecule has 0 aromatic heterocycles. The lowest BCUT2D eigenvalue weighted by Gasteiger charge is -2.50. The van der Waals surface area contributed by atoms with Gasteiger partial charge in [-0.15, -0.1) is 0 Å². The molecule has 0 unspecified atom stereocenters. The first-order valence-corrected chi connectivity index (χ1v) is 29.1. The first-order valence-electron chi connectivity index (χ1n) is 22.2. The van der Waals surface area contributed by atoms with Crippen molar-refractivity contribution in [1.82, 2.24) is 10.0 Å².